The Morgan fingerprint density at radius 1 is 1.55 bits per heavy atom. The van der Waals surface area contributed by atoms with E-state index in [1.165, 1.54) is 6.08 Å². The van der Waals surface area contributed by atoms with Gasteiger partial charge < -0.3 is 5.11 Å². The Morgan fingerprint density at radius 2 is 2.09 bits per heavy atom. The summed E-state index contributed by atoms with van der Waals surface area (Å²) >= 11 is 3.08. The second kappa shape index (κ2) is 2.57. The molecule has 0 saturated heterocycles. The standard InChI is InChI=1S/C8H9BrO2/c1-5-3-8(2,11)4-6(9)7(5)10/h3-4,11H,1-2H3/t8-/m1/s1. The van der Waals surface area contributed by atoms with Gasteiger partial charge in [0.15, 0.2) is 5.78 Å². The molecule has 60 valence electrons. The molecule has 1 aliphatic carbocycles. The summed E-state index contributed by atoms with van der Waals surface area (Å²) in [5.41, 5.74) is -0.416. The van der Waals surface area contributed by atoms with Gasteiger partial charge in [0.2, 0.25) is 0 Å². The Hall–Kier alpha value is -0.410. The highest BCUT2D eigenvalue weighted by molar-refractivity contribution is 9.12. The second-order valence-corrected chi connectivity index (χ2v) is 3.73. The van der Waals surface area contributed by atoms with Crippen LogP contribution in [0, 0.1) is 0 Å². The lowest BCUT2D eigenvalue weighted by molar-refractivity contribution is -0.111. The average Bonchev–Trinajstić information content (AvgIpc) is 1.81. The van der Waals surface area contributed by atoms with Crippen LogP contribution in [0.2, 0.25) is 0 Å². The first-order chi connectivity index (χ1) is 4.92. The number of hydrogen-bond donors (Lipinski definition) is 1. The predicted octanol–water partition coefficient (Wildman–Crippen LogP) is 1.55. The minimum atomic E-state index is -0.989. The quantitative estimate of drug-likeness (QED) is 0.668. The normalized spacial score (nSPS) is 31.5. The van der Waals surface area contributed by atoms with Crippen LogP contribution in [0.5, 0.6) is 0 Å². The van der Waals surface area contributed by atoms with E-state index < -0.39 is 5.60 Å². The third kappa shape index (κ3) is 1.79. The first kappa shape index (κ1) is 8.68. The Morgan fingerprint density at radius 3 is 2.55 bits per heavy atom. The van der Waals surface area contributed by atoms with Crippen LogP contribution in [0.25, 0.3) is 0 Å². The Kier molecular flexibility index (Phi) is 2.03. The van der Waals surface area contributed by atoms with Crippen LogP contribution < -0.4 is 0 Å². The maximum absolute atomic E-state index is 11.1. The van der Waals surface area contributed by atoms with Gasteiger partial charge in [-0.05, 0) is 47.5 Å². The van der Waals surface area contributed by atoms with Crippen LogP contribution >= 0.6 is 15.9 Å². The molecule has 0 bridgehead atoms. The number of allylic oxidation sites excluding steroid dienone is 2. The van der Waals surface area contributed by atoms with Gasteiger partial charge in [-0.2, -0.15) is 0 Å². The van der Waals surface area contributed by atoms with Crippen molar-refractivity contribution in [3.8, 4) is 0 Å². The summed E-state index contributed by atoms with van der Waals surface area (Å²) in [6.07, 6.45) is 3.03. The third-order valence-electron chi connectivity index (χ3n) is 1.50. The highest BCUT2D eigenvalue weighted by atomic mass is 79.9. The third-order valence-corrected chi connectivity index (χ3v) is 2.09. The monoisotopic (exact) mass is 216 g/mol. The van der Waals surface area contributed by atoms with Crippen molar-refractivity contribution in [2.45, 2.75) is 19.4 Å². The van der Waals surface area contributed by atoms with E-state index in [0.29, 0.717) is 10.1 Å². The highest BCUT2D eigenvalue weighted by Gasteiger charge is 2.24. The van der Waals surface area contributed by atoms with E-state index in [1.54, 1.807) is 19.9 Å². The Labute approximate surface area is 73.7 Å². The molecule has 0 amide bonds. The van der Waals surface area contributed by atoms with Crippen molar-refractivity contribution in [3.63, 3.8) is 0 Å². The van der Waals surface area contributed by atoms with Gasteiger partial charge in [-0.1, -0.05) is 0 Å². The van der Waals surface area contributed by atoms with Crippen molar-refractivity contribution in [2.75, 3.05) is 0 Å². The number of carbonyl (C=O) groups excluding carboxylic acids is 1. The zero-order chi connectivity index (χ0) is 8.65. The van der Waals surface area contributed by atoms with E-state index in [-0.39, 0.29) is 5.78 Å². The zero-order valence-corrected chi connectivity index (χ0v) is 7.97. The number of halogens is 1. The van der Waals surface area contributed by atoms with E-state index in [0.717, 1.165) is 0 Å². The first-order valence-corrected chi connectivity index (χ1v) is 4.06. The van der Waals surface area contributed by atoms with Crippen LogP contribution in [-0.2, 0) is 4.79 Å². The molecule has 0 aromatic carbocycles. The van der Waals surface area contributed by atoms with Crippen molar-refractivity contribution in [3.05, 3.63) is 22.2 Å². The number of aliphatic hydroxyl groups is 1. The summed E-state index contributed by atoms with van der Waals surface area (Å²) in [6.45, 7) is 3.31. The summed E-state index contributed by atoms with van der Waals surface area (Å²) in [4.78, 5) is 11.1. The number of rotatable bonds is 0. The van der Waals surface area contributed by atoms with Crippen molar-refractivity contribution >= 4 is 21.7 Å². The number of ketones is 1. The number of Topliss-reactive ketones (excluding diaryl/α,β-unsaturated/α-hetero) is 1. The molecule has 0 spiro atoms. The molecule has 3 heteroatoms. The molecule has 1 atom stereocenters. The molecule has 2 nitrogen and oxygen atoms in total. The maximum atomic E-state index is 11.1. The van der Waals surface area contributed by atoms with E-state index in [1.807, 2.05) is 0 Å². The number of hydrogen-bond acceptors (Lipinski definition) is 2. The van der Waals surface area contributed by atoms with Gasteiger partial charge in [0.05, 0.1) is 4.48 Å². The fourth-order valence-corrected chi connectivity index (χ4v) is 1.83. The fourth-order valence-electron chi connectivity index (χ4n) is 1.06. The molecule has 1 N–H and O–H groups in total. The van der Waals surface area contributed by atoms with Gasteiger partial charge in [-0.3, -0.25) is 4.79 Å². The van der Waals surface area contributed by atoms with Crippen LogP contribution in [0.4, 0.5) is 0 Å². The largest absolute Gasteiger partial charge is 0.382 e. The molecule has 0 fully saturated rings. The minimum Gasteiger partial charge on any atom is -0.382 e. The summed E-state index contributed by atoms with van der Waals surface area (Å²) < 4.78 is 0.433. The van der Waals surface area contributed by atoms with E-state index in [4.69, 9.17) is 0 Å². The topological polar surface area (TPSA) is 37.3 Å². The average molecular weight is 217 g/mol. The van der Waals surface area contributed by atoms with Crippen molar-refractivity contribution < 1.29 is 9.90 Å². The van der Waals surface area contributed by atoms with Gasteiger partial charge in [0, 0.05) is 0 Å². The molecule has 0 radical (unpaired) electrons. The first-order valence-electron chi connectivity index (χ1n) is 3.27. The van der Waals surface area contributed by atoms with Gasteiger partial charge in [-0.25, -0.2) is 0 Å². The van der Waals surface area contributed by atoms with E-state index in [2.05, 4.69) is 15.9 Å². The maximum Gasteiger partial charge on any atom is 0.195 e. The summed E-state index contributed by atoms with van der Waals surface area (Å²) in [6, 6.07) is 0. The van der Waals surface area contributed by atoms with Crippen molar-refractivity contribution in [2.24, 2.45) is 0 Å². The molecule has 1 aliphatic rings. The lowest BCUT2D eigenvalue weighted by Crippen LogP contribution is -2.24. The lowest BCUT2D eigenvalue weighted by Gasteiger charge is -2.20. The van der Waals surface area contributed by atoms with E-state index in [9.17, 15) is 9.90 Å². The Balaban J connectivity index is 3.08. The lowest BCUT2D eigenvalue weighted by atomic mass is 9.95. The molecule has 0 heterocycles. The molecule has 0 aliphatic heterocycles. The molecule has 11 heavy (non-hydrogen) atoms. The van der Waals surface area contributed by atoms with Crippen LogP contribution in [0.15, 0.2) is 22.2 Å². The van der Waals surface area contributed by atoms with Gasteiger partial charge in [0.1, 0.15) is 5.60 Å². The summed E-state index contributed by atoms with van der Waals surface area (Å²) in [7, 11) is 0. The van der Waals surface area contributed by atoms with Gasteiger partial charge >= 0.3 is 0 Å². The van der Waals surface area contributed by atoms with Gasteiger partial charge in [-0.15, -0.1) is 0 Å². The van der Waals surface area contributed by atoms with Crippen LogP contribution in [-0.4, -0.2) is 16.5 Å². The number of carbonyl (C=O) groups is 1. The second-order valence-electron chi connectivity index (χ2n) is 2.87. The molecular weight excluding hydrogens is 208 g/mol. The fraction of sp³-hybridized carbons (Fsp3) is 0.375. The summed E-state index contributed by atoms with van der Waals surface area (Å²) in [5.74, 6) is -0.0588. The van der Waals surface area contributed by atoms with E-state index >= 15 is 0 Å². The zero-order valence-electron chi connectivity index (χ0n) is 6.39. The molecule has 0 unspecified atom stereocenters. The molecule has 0 aromatic heterocycles. The smallest absolute Gasteiger partial charge is 0.195 e. The SMILES string of the molecule is CC1=C[C@@](C)(O)C=C(Br)C1=O. The predicted molar refractivity (Wildman–Crippen MR) is 46.4 cm³/mol. The van der Waals surface area contributed by atoms with Crippen LogP contribution in [0.3, 0.4) is 0 Å². The van der Waals surface area contributed by atoms with Crippen molar-refractivity contribution in [1.82, 2.24) is 0 Å². The highest BCUT2D eigenvalue weighted by Crippen LogP contribution is 2.25. The molecule has 0 aromatic rings. The van der Waals surface area contributed by atoms with Gasteiger partial charge in [0.25, 0.3) is 0 Å². The molecular formula is C8H9BrO2. The molecule has 0 saturated carbocycles. The molecule has 1 rings (SSSR count). The Bertz CT molecular complexity index is 237. The van der Waals surface area contributed by atoms with Crippen LogP contribution in [0.1, 0.15) is 13.8 Å². The summed E-state index contributed by atoms with van der Waals surface area (Å²) in [5, 5.41) is 9.50. The minimum absolute atomic E-state index is 0.0588. The van der Waals surface area contributed by atoms with Crippen molar-refractivity contribution in [1.29, 1.82) is 0 Å².